The lowest BCUT2D eigenvalue weighted by atomic mass is 10.1. The van der Waals surface area contributed by atoms with E-state index in [-0.39, 0.29) is 12.1 Å². The Kier molecular flexibility index (Phi) is 6.64. The standard InChI is InChI=1S/C32H35N5O2/c1-32(2,3)39-31(38)37-18-6-9-28(37)30-34-25-17-14-22(19-26(25)35-30)11-10-21-12-15-23(16-13-21)27-20-33-29(36-27)24-7-4-5-8-24/h12-17,19-20,24,28H,4-9,18H2,1-3H3,(H,33,36)(H,34,35). The number of rotatable bonds is 3. The fourth-order valence-electron chi connectivity index (χ4n) is 5.62. The maximum atomic E-state index is 12.7. The minimum atomic E-state index is -0.524. The van der Waals surface area contributed by atoms with E-state index < -0.39 is 5.60 Å². The third-order valence-electron chi connectivity index (χ3n) is 7.58. The van der Waals surface area contributed by atoms with E-state index in [0.29, 0.717) is 12.5 Å². The highest BCUT2D eigenvalue weighted by Gasteiger charge is 2.35. The summed E-state index contributed by atoms with van der Waals surface area (Å²) in [6.07, 6.45) is 8.52. The molecular formula is C32H35N5O2. The van der Waals surface area contributed by atoms with Crippen LogP contribution in [0, 0.1) is 11.8 Å². The van der Waals surface area contributed by atoms with Gasteiger partial charge in [0.2, 0.25) is 0 Å². The summed E-state index contributed by atoms with van der Waals surface area (Å²) >= 11 is 0. The number of H-pyrrole nitrogens is 2. The minimum absolute atomic E-state index is 0.107. The molecule has 7 nitrogen and oxygen atoms in total. The number of likely N-dealkylation sites (tertiary alicyclic amines) is 1. The monoisotopic (exact) mass is 521 g/mol. The van der Waals surface area contributed by atoms with Crippen LogP contribution in [-0.4, -0.2) is 43.1 Å². The van der Waals surface area contributed by atoms with E-state index in [1.165, 1.54) is 25.7 Å². The van der Waals surface area contributed by atoms with Gasteiger partial charge in [0, 0.05) is 23.6 Å². The van der Waals surface area contributed by atoms with Crippen molar-refractivity contribution in [2.24, 2.45) is 0 Å². The van der Waals surface area contributed by atoms with Crippen LogP contribution in [0.1, 0.15) is 94.0 Å². The van der Waals surface area contributed by atoms with Crippen molar-refractivity contribution in [1.29, 1.82) is 0 Å². The number of fused-ring (bicyclic) bond motifs is 1. The lowest BCUT2D eigenvalue weighted by Crippen LogP contribution is -2.36. The summed E-state index contributed by atoms with van der Waals surface area (Å²) in [5.41, 5.74) is 5.31. The Morgan fingerprint density at radius 1 is 0.949 bits per heavy atom. The molecule has 1 amide bonds. The maximum absolute atomic E-state index is 12.7. The first-order chi connectivity index (χ1) is 18.8. The first kappa shape index (κ1) is 25.2. The van der Waals surface area contributed by atoms with Gasteiger partial charge in [-0.15, -0.1) is 0 Å². The number of aromatic nitrogens is 4. The normalized spacial score (nSPS) is 17.9. The van der Waals surface area contributed by atoms with Gasteiger partial charge >= 0.3 is 6.09 Å². The van der Waals surface area contributed by atoms with Crippen molar-refractivity contribution in [2.75, 3.05) is 6.54 Å². The number of carbonyl (C=O) groups excluding carboxylic acids is 1. The Hall–Kier alpha value is -4.05. The molecule has 39 heavy (non-hydrogen) atoms. The molecule has 3 heterocycles. The number of carbonyl (C=O) groups is 1. The molecule has 1 aliphatic carbocycles. The van der Waals surface area contributed by atoms with Gasteiger partial charge in [-0.2, -0.15) is 0 Å². The van der Waals surface area contributed by atoms with Crippen LogP contribution in [0.5, 0.6) is 0 Å². The summed E-state index contributed by atoms with van der Waals surface area (Å²) in [7, 11) is 0. The predicted molar refractivity (Wildman–Crippen MR) is 152 cm³/mol. The number of aromatic amines is 2. The minimum Gasteiger partial charge on any atom is -0.444 e. The average molecular weight is 522 g/mol. The Morgan fingerprint density at radius 2 is 1.69 bits per heavy atom. The molecule has 1 saturated carbocycles. The van der Waals surface area contributed by atoms with Gasteiger partial charge in [0.25, 0.3) is 0 Å². The topological polar surface area (TPSA) is 86.9 Å². The van der Waals surface area contributed by atoms with Crippen molar-refractivity contribution >= 4 is 17.1 Å². The summed E-state index contributed by atoms with van der Waals surface area (Å²) in [6, 6.07) is 14.2. The smallest absolute Gasteiger partial charge is 0.410 e. The van der Waals surface area contributed by atoms with Gasteiger partial charge in [0.15, 0.2) is 0 Å². The molecule has 2 aliphatic rings. The number of amides is 1. The second kappa shape index (κ2) is 10.3. The number of benzene rings is 2. The SMILES string of the molecule is CC(C)(C)OC(=O)N1CCCC1c1nc2ccc(C#Cc3ccc(-c4cnc(C5CCCC5)[nH]4)cc3)cc2[nH]1. The lowest BCUT2D eigenvalue weighted by molar-refractivity contribution is 0.0219. The fourth-order valence-corrected chi connectivity index (χ4v) is 5.62. The molecule has 2 aromatic carbocycles. The van der Waals surface area contributed by atoms with Crippen molar-refractivity contribution in [3.05, 3.63) is 71.4 Å². The molecule has 1 saturated heterocycles. The molecule has 1 unspecified atom stereocenters. The van der Waals surface area contributed by atoms with Gasteiger partial charge < -0.3 is 14.7 Å². The Morgan fingerprint density at radius 3 is 2.46 bits per heavy atom. The van der Waals surface area contributed by atoms with E-state index in [4.69, 9.17) is 9.72 Å². The molecule has 0 spiro atoms. The third kappa shape index (κ3) is 5.56. The molecule has 4 aromatic rings. The highest BCUT2D eigenvalue weighted by Crippen LogP contribution is 2.34. The Balaban J connectivity index is 1.16. The largest absolute Gasteiger partial charge is 0.444 e. The number of hydrogen-bond acceptors (Lipinski definition) is 4. The summed E-state index contributed by atoms with van der Waals surface area (Å²) in [6.45, 7) is 6.34. The molecule has 2 aromatic heterocycles. The predicted octanol–water partition coefficient (Wildman–Crippen LogP) is 7.08. The second-order valence-corrected chi connectivity index (χ2v) is 11.7. The van der Waals surface area contributed by atoms with Crippen LogP contribution in [0.2, 0.25) is 0 Å². The zero-order valence-corrected chi connectivity index (χ0v) is 22.9. The Labute approximate surface area is 229 Å². The molecule has 2 N–H and O–H groups in total. The van der Waals surface area contributed by atoms with E-state index in [0.717, 1.165) is 57.9 Å². The van der Waals surface area contributed by atoms with E-state index in [9.17, 15) is 4.79 Å². The first-order valence-electron chi connectivity index (χ1n) is 14.0. The summed E-state index contributed by atoms with van der Waals surface area (Å²) in [5, 5.41) is 0. The third-order valence-corrected chi connectivity index (χ3v) is 7.58. The molecule has 1 aliphatic heterocycles. The lowest BCUT2D eigenvalue weighted by Gasteiger charge is -2.27. The van der Waals surface area contributed by atoms with Gasteiger partial charge in [0.1, 0.15) is 17.2 Å². The number of imidazole rings is 2. The average Bonchev–Trinajstić information content (AvgIpc) is 3.72. The zero-order chi connectivity index (χ0) is 27.0. The van der Waals surface area contributed by atoms with E-state index >= 15 is 0 Å². The summed E-state index contributed by atoms with van der Waals surface area (Å²) in [4.78, 5) is 30.9. The van der Waals surface area contributed by atoms with Crippen LogP contribution in [0.3, 0.4) is 0 Å². The van der Waals surface area contributed by atoms with E-state index in [1.54, 1.807) is 4.90 Å². The molecule has 0 radical (unpaired) electrons. The summed E-state index contributed by atoms with van der Waals surface area (Å²) in [5.74, 6) is 9.06. The molecule has 1 atom stereocenters. The van der Waals surface area contributed by atoms with Crippen LogP contribution < -0.4 is 0 Å². The number of hydrogen-bond donors (Lipinski definition) is 2. The van der Waals surface area contributed by atoms with Crippen molar-refractivity contribution < 1.29 is 9.53 Å². The van der Waals surface area contributed by atoms with E-state index in [2.05, 4.69) is 51.1 Å². The van der Waals surface area contributed by atoms with Crippen molar-refractivity contribution in [3.63, 3.8) is 0 Å². The first-order valence-corrected chi connectivity index (χ1v) is 14.0. The van der Waals surface area contributed by atoms with Crippen LogP contribution in [-0.2, 0) is 4.74 Å². The summed E-state index contributed by atoms with van der Waals surface area (Å²) < 4.78 is 5.62. The van der Waals surface area contributed by atoms with Crippen molar-refractivity contribution in [2.45, 2.75) is 76.9 Å². The number of nitrogens with one attached hydrogen (secondary N) is 2. The highest BCUT2D eigenvalue weighted by molar-refractivity contribution is 5.77. The molecule has 200 valence electrons. The molecule has 6 rings (SSSR count). The van der Waals surface area contributed by atoms with Gasteiger partial charge in [0.05, 0.1) is 29.0 Å². The van der Waals surface area contributed by atoms with Crippen LogP contribution >= 0.6 is 0 Å². The number of ether oxygens (including phenoxy) is 1. The van der Waals surface area contributed by atoms with Crippen LogP contribution in [0.15, 0.2) is 48.7 Å². The fraction of sp³-hybridized carbons (Fsp3) is 0.406. The van der Waals surface area contributed by atoms with Gasteiger partial charge in [-0.3, -0.25) is 4.90 Å². The van der Waals surface area contributed by atoms with Crippen molar-refractivity contribution in [3.8, 4) is 23.1 Å². The molecule has 0 bridgehead atoms. The van der Waals surface area contributed by atoms with Crippen LogP contribution in [0.4, 0.5) is 4.79 Å². The van der Waals surface area contributed by atoms with Gasteiger partial charge in [-0.05, 0) is 82.3 Å². The highest BCUT2D eigenvalue weighted by atomic mass is 16.6. The zero-order valence-electron chi connectivity index (χ0n) is 22.9. The molecular weight excluding hydrogens is 486 g/mol. The molecule has 7 heteroatoms. The Bertz CT molecular complexity index is 1540. The number of nitrogens with zero attached hydrogens (tertiary/aromatic N) is 3. The van der Waals surface area contributed by atoms with E-state index in [1.807, 2.05) is 45.2 Å². The van der Waals surface area contributed by atoms with Crippen molar-refractivity contribution in [1.82, 2.24) is 24.8 Å². The molecule has 2 fully saturated rings. The second-order valence-electron chi connectivity index (χ2n) is 11.7. The quantitative estimate of drug-likeness (QED) is 0.282. The van der Waals surface area contributed by atoms with Gasteiger partial charge in [-0.25, -0.2) is 14.8 Å². The van der Waals surface area contributed by atoms with Crippen LogP contribution in [0.25, 0.3) is 22.3 Å². The maximum Gasteiger partial charge on any atom is 0.410 e. The van der Waals surface area contributed by atoms with Gasteiger partial charge in [-0.1, -0.05) is 36.8 Å².